The molecule has 2 N–H and O–H groups in total. The number of aliphatic hydroxyl groups is 1. The van der Waals surface area contributed by atoms with Crippen LogP contribution in [0.5, 0.6) is 0 Å². The highest BCUT2D eigenvalue weighted by molar-refractivity contribution is 5.98. The van der Waals surface area contributed by atoms with Gasteiger partial charge in [0, 0.05) is 12.0 Å². The molecule has 4 nitrogen and oxygen atoms in total. The van der Waals surface area contributed by atoms with E-state index >= 15 is 0 Å². The number of carbonyl (C=O) groups excluding carboxylic acids is 1. The molecular formula is C13H14O4. The van der Waals surface area contributed by atoms with Crippen molar-refractivity contribution in [3.05, 3.63) is 47.7 Å². The van der Waals surface area contributed by atoms with Crippen LogP contribution in [0.1, 0.15) is 12.5 Å². The van der Waals surface area contributed by atoms with Crippen LogP contribution in [-0.2, 0) is 16.0 Å². The smallest absolute Gasteiger partial charge is 0.371 e. The summed E-state index contributed by atoms with van der Waals surface area (Å²) in [7, 11) is 0. The molecule has 0 aliphatic heterocycles. The molecule has 0 radical (unpaired) electrons. The number of aliphatic carboxylic acids is 1. The van der Waals surface area contributed by atoms with Gasteiger partial charge in [-0.2, -0.15) is 0 Å². The van der Waals surface area contributed by atoms with Crippen molar-refractivity contribution in [3.63, 3.8) is 0 Å². The molecule has 1 unspecified atom stereocenters. The monoisotopic (exact) mass is 234 g/mol. The first-order valence-corrected chi connectivity index (χ1v) is 5.22. The van der Waals surface area contributed by atoms with E-state index in [9.17, 15) is 9.59 Å². The Bertz CT molecular complexity index is 434. The van der Waals surface area contributed by atoms with Gasteiger partial charge in [0.1, 0.15) is 0 Å². The van der Waals surface area contributed by atoms with E-state index in [1.165, 1.54) is 0 Å². The minimum Gasteiger partial charge on any atom is -0.502 e. The maximum atomic E-state index is 11.6. The molecule has 0 aliphatic carbocycles. The van der Waals surface area contributed by atoms with Gasteiger partial charge < -0.3 is 10.2 Å². The molecule has 0 bridgehead atoms. The Kier molecular flexibility index (Phi) is 4.46. The molecule has 0 heterocycles. The third kappa shape index (κ3) is 4.10. The Balaban J connectivity index is 2.66. The first kappa shape index (κ1) is 13.0. The molecule has 1 atom stereocenters. The Labute approximate surface area is 99.2 Å². The van der Waals surface area contributed by atoms with Crippen molar-refractivity contribution in [1.82, 2.24) is 0 Å². The Morgan fingerprint density at radius 2 is 1.82 bits per heavy atom. The van der Waals surface area contributed by atoms with E-state index in [4.69, 9.17) is 10.2 Å². The number of carbonyl (C=O) groups is 2. The molecule has 17 heavy (non-hydrogen) atoms. The largest absolute Gasteiger partial charge is 0.502 e. The number of rotatable bonds is 5. The van der Waals surface area contributed by atoms with E-state index in [2.05, 4.69) is 0 Å². The lowest BCUT2D eigenvalue weighted by molar-refractivity contribution is -0.136. The fourth-order valence-corrected chi connectivity index (χ4v) is 1.41. The minimum atomic E-state index is -1.50. The summed E-state index contributed by atoms with van der Waals surface area (Å²) >= 11 is 0. The van der Waals surface area contributed by atoms with Crippen molar-refractivity contribution < 1.29 is 19.8 Å². The molecule has 1 rings (SSSR count). The van der Waals surface area contributed by atoms with Crippen LogP contribution in [0.4, 0.5) is 0 Å². The summed E-state index contributed by atoms with van der Waals surface area (Å²) in [6.45, 7) is 1.70. The molecule has 4 heteroatoms. The molecule has 0 aliphatic rings. The third-order valence-electron chi connectivity index (χ3n) is 2.37. The van der Waals surface area contributed by atoms with Gasteiger partial charge in [0.25, 0.3) is 0 Å². The second kappa shape index (κ2) is 5.84. The van der Waals surface area contributed by atoms with Crippen LogP contribution in [0.2, 0.25) is 0 Å². The van der Waals surface area contributed by atoms with Crippen LogP contribution in [-0.4, -0.2) is 22.0 Å². The molecule has 0 saturated heterocycles. The molecule has 1 aromatic rings. The summed E-state index contributed by atoms with van der Waals surface area (Å²) in [5, 5.41) is 17.4. The second-order valence-electron chi connectivity index (χ2n) is 3.83. The lowest BCUT2D eigenvalue weighted by Gasteiger charge is -2.07. The molecule has 0 fully saturated rings. The summed E-state index contributed by atoms with van der Waals surface area (Å²) in [4.78, 5) is 21.9. The van der Waals surface area contributed by atoms with E-state index in [0.717, 1.165) is 11.6 Å². The minimum absolute atomic E-state index is 0.362. The quantitative estimate of drug-likeness (QED) is 0.603. The predicted octanol–water partition coefficient (Wildman–Crippen LogP) is 1.96. The van der Waals surface area contributed by atoms with E-state index in [-0.39, 0.29) is 5.92 Å². The average molecular weight is 234 g/mol. The summed E-state index contributed by atoms with van der Waals surface area (Å²) in [6, 6.07) is 9.41. The Morgan fingerprint density at radius 3 is 2.35 bits per heavy atom. The van der Waals surface area contributed by atoms with Crippen LogP contribution in [0.25, 0.3) is 0 Å². The van der Waals surface area contributed by atoms with Crippen LogP contribution in [0.3, 0.4) is 0 Å². The summed E-state index contributed by atoms with van der Waals surface area (Å²) in [6.07, 6.45) is 1.28. The number of benzene rings is 1. The Morgan fingerprint density at radius 1 is 1.24 bits per heavy atom. The van der Waals surface area contributed by atoms with E-state index in [1.807, 2.05) is 30.3 Å². The molecule has 0 aromatic heterocycles. The van der Waals surface area contributed by atoms with E-state index in [1.54, 1.807) is 6.92 Å². The topological polar surface area (TPSA) is 74.6 Å². The van der Waals surface area contributed by atoms with Gasteiger partial charge in [-0.05, 0) is 12.0 Å². The lowest BCUT2D eigenvalue weighted by Crippen LogP contribution is -2.13. The normalized spacial score (nSPS) is 13.1. The summed E-state index contributed by atoms with van der Waals surface area (Å²) in [5.74, 6) is -3.17. The zero-order valence-corrected chi connectivity index (χ0v) is 9.46. The number of carboxylic acid groups (broad SMARTS) is 1. The fraction of sp³-hybridized carbons (Fsp3) is 0.231. The number of hydrogen-bond acceptors (Lipinski definition) is 3. The van der Waals surface area contributed by atoms with Gasteiger partial charge in [-0.25, -0.2) is 4.79 Å². The van der Waals surface area contributed by atoms with E-state index in [0.29, 0.717) is 6.42 Å². The number of hydrogen-bond donors (Lipinski definition) is 2. The zero-order valence-electron chi connectivity index (χ0n) is 9.46. The second-order valence-corrected chi connectivity index (χ2v) is 3.83. The number of allylic oxidation sites excluding steroid dienone is 1. The summed E-state index contributed by atoms with van der Waals surface area (Å²) < 4.78 is 0. The maximum absolute atomic E-state index is 11.6. The van der Waals surface area contributed by atoms with Crippen molar-refractivity contribution in [2.75, 3.05) is 0 Å². The maximum Gasteiger partial charge on any atom is 0.371 e. The van der Waals surface area contributed by atoms with Crippen LogP contribution >= 0.6 is 0 Å². The molecule has 0 saturated carbocycles. The summed E-state index contributed by atoms with van der Waals surface area (Å²) in [5.41, 5.74) is 0.997. The van der Waals surface area contributed by atoms with Crippen molar-refractivity contribution in [1.29, 1.82) is 0 Å². The van der Waals surface area contributed by atoms with Crippen molar-refractivity contribution >= 4 is 11.8 Å². The molecule has 1 aromatic carbocycles. The SMILES string of the molecule is CC(Cc1ccccc1)C(=O)/C=C(\O)C(=O)O. The first-order chi connectivity index (χ1) is 8.00. The van der Waals surface area contributed by atoms with Gasteiger partial charge in [-0.15, -0.1) is 0 Å². The number of ketones is 1. The van der Waals surface area contributed by atoms with Crippen LogP contribution in [0, 0.1) is 5.92 Å². The first-order valence-electron chi connectivity index (χ1n) is 5.22. The number of aliphatic hydroxyl groups excluding tert-OH is 1. The van der Waals surface area contributed by atoms with Crippen molar-refractivity contribution in [2.24, 2.45) is 5.92 Å². The van der Waals surface area contributed by atoms with Gasteiger partial charge in [-0.1, -0.05) is 37.3 Å². The highest BCUT2D eigenvalue weighted by Crippen LogP contribution is 2.10. The van der Waals surface area contributed by atoms with Gasteiger partial charge >= 0.3 is 5.97 Å². The highest BCUT2D eigenvalue weighted by atomic mass is 16.4. The van der Waals surface area contributed by atoms with Gasteiger partial charge in [0.15, 0.2) is 5.78 Å². The van der Waals surface area contributed by atoms with Crippen LogP contribution < -0.4 is 0 Å². The van der Waals surface area contributed by atoms with E-state index < -0.39 is 17.5 Å². The standard InChI is InChI=1S/C13H14O4/c1-9(7-10-5-3-2-4-6-10)11(14)8-12(15)13(16)17/h2-6,8-9,15H,7H2,1H3,(H,16,17)/b12-8-. The van der Waals surface area contributed by atoms with Gasteiger partial charge in [0.2, 0.25) is 5.76 Å². The third-order valence-corrected chi connectivity index (χ3v) is 2.37. The molecule has 0 amide bonds. The number of carboxylic acids is 1. The van der Waals surface area contributed by atoms with Gasteiger partial charge in [0.05, 0.1) is 0 Å². The molecular weight excluding hydrogens is 220 g/mol. The predicted molar refractivity (Wildman–Crippen MR) is 62.7 cm³/mol. The molecule has 0 spiro atoms. The fourth-order valence-electron chi connectivity index (χ4n) is 1.41. The zero-order chi connectivity index (χ0) is 12.8. The Hall–Kier alpha value is -2.10. The lowest BCUT2D eigenvalue weighted by atomic mass is 9.97. The van der Waals surface area contributed by atoms with Crippen molar-refractivity contribution in [3.8, 4) is 0 Å². The van der Waals surface area contributed by atoms with Crippen molar-refractivity contribution in [2.45, 2.75) is 13.3 Å². The van der Waals surface area contributed by atoms with Gasteiger partial charge in [-0.3, -0.25) is 4.79 Å². The average Bonchev–Trinajstić information content (AvgIpc) is 2.29. The highest BCUT2D eigenvalue weighted by Gasteiger charge is 2.14. The van der Waals surface area contributed by atoms with Crippen LogP contribution in [0.15, 0.2) is 42.2 Å². The molecule has 90 valence electrons.